The van der Waals surface area contributed by atoms with Crippen molar-refractivity contribution in [3.63, 3.8) is 0 Å². The van der Waals surface area contributed by atoms with Gasteiger partial charge in [-0.05, 0) is 58.8 Å². The summed E-state index contributed by atoms with van der Waals surface area (Å²) in [6, 6.07) is 5.67. The number of methoxy groups -OCH3 is 1. The molecule has 4 nitrogen and oxygen atoms in total. The number of hydrogen-bond donors (Lipinski definition) is 1. The van der Waals surface area contributed by atoms with Crippen molar-refractivity contribution in [3.8, 4) is 5.75 Å². The lowest BCUT2D eigenvalue weighted by atomic mass is 9.81. The van der Waals surface area contributed by atoms with Crippen LogP contribution < -0.4 is 10.5 Å². The van der Waals surface area contributed by atoms with Crippen LogP contribution in [-0.2, 0) is 9.84 Å². The molecule has 0 bridgehead atoms. The van der Waals surface area contributed by atoms with E-state index in [-0.39, 0.29) is 17.2 Å². The molecule has 21 heavy (non-hydrogen) atoms. The van der Waals surface area contributed by atoms with Gasteiger partial charge in [-0.3, -0.25) is 0 Å². The van der Waals surface area contributed by atoms with Gasteiger partial charge in [0, 0.05) is 12.3 Å². The van der Waals surface area contributed by atoms with Crippen LogP contribution in [0.5, 0.6) is 5.75 Å². The van der Waals surface area contributed by atoms with Crippen LogP contribution in [0.1, 0.15) is 37.3 Å². The number of benzene rings is 1. The molecule has 2 N–H and O–H groups in total. The summed E-state index contributed by atoms with van der Waals surface area (Å²) in [6.07, 6.45) is 4.65. The van der Waals surface area contributed by atoms with Gasteiger partial charge in [-0.15, -0.1) is 0 Å². The molecule has 0 aliphatic heterocycles. The Hall–Kier alpha value is -0.590. The van der Waals surface area contributed by atoms with Crippen molar-refractivity contribution in [2.24, 2.45) is 11.7 Å². The van der Waals surface area contributed by atoms with Gasteiger partial charge in [0.25, 0.3) is 0 Å². The van der Waals surface area contributed by atoms with E-state index >= 15 is 0 Å². The van der Waals surface area contributed by atoms with Gasteiger partial charge in [-0.25, -0.2) is 8.42 Å². The summed E-state index contributed by atoms with van der Waals surface area (Å²) in [4.78, 5) is 0. The molecule has 3 unspecified atom stereocenters. The third-order valence-corrected chi connectivity index (χ3v) is 6.60. The highest BCUT2D eigenvalue weighted by atomic mass is 79.9. The lowest BCUT2D eigenvalue weighted by Gasteiger charge is -2.32. The van der Waals surface area contributed by atoms with Crippen molar-refractivity contribution in [3.05, 3.63) is 28.2 Å². The first-order valence-corrected chi connectivity index (χ1v) is 9.85. The second kappa shape index (κ2) is 6.67. The number of hydrogen-bond acceptors (Lipinski definition) is 4. The maximum absolute atomic E-state index is 11.8. The smallest absolute Gasteiger partial charge is 0.150 e. The van der Waals surface area contributed by atoms with Crippen molar-refractivity contribution in [2.75, 3.05) is 13.4 Å². The van der Waals surface area contributed by atoms with Gasteiger partial charge in [0.2, 0.25) is 0 Å². The molecular weight excluding hydrogens is 354 g/mol. The molecule has 1 saturated carbocycles. The van der Waals surface area contributed by atoms with E-state index in [1.807, 2.05) is 18.2 Å². The fraction of sp³-hybridized carbons (Fsp3) is 0.600. The lowest BCUT2D eigenvalue weighted by Crippen LogP contribution is -2.33. The maximum atomic E-state index is 11.8. The summed E-state index contributed by atoms with van der Waals surface area (Å²) in [7, 11) is -1.36. The van der Waals surface area contributed by atoms with E-state index in [9.17, 15) is 8.42 Å². The van der Waals surface area contributed by atoms with Crippen LogP contribution >= 0.6 is 15.9 Å². The van der Waals surface area contributed by atoms with E-state index in [0.29, 0.717) is 6.42 Å². The van der Waals surface area contributed by atoms with Gasteiger partial charge in [0.15, 0.2) is 0 Å². The molecule has 1 aliphatic carbocycles. The van der Waals surface area contributed by atoms with Crippen LogP contribution in [0.15, 0.2) is 22.7 Å². The average Bonchev–Trinajstić information content (AvgIpc) is 2.45. The summed E-state index contributed by atoms with van der Waals surface area (Å²) < 4.78 is 29.6. The Morgan fingerprint density at radius 1 is 1.38 bits per heavy atom. The molecule has 0 amide bonds. The van der Waals surface area contributed by atoms with Crippen molar-refractivity contribution in [1.29, 1.82) is 0 Å². The second-order valence-corrected chi connectivity index (χ2v) is 8.98. The van der Waals surface area contributed by atoms with Gasteiger partial charge in [-0.2, -0.15) is 0 Å². The van der Waals surface area contributed by atoms with Crippen LogP contribution in [0, 0.1) is 5.92 Å². The summed E-state index contributed by atoms with van der Waals surface area (Å²) in [6.45, 7) is 0. The van der Waals surface area contributed by atoms with E-state index in [1.165, 1.54) is 6.26 Å². The normalized spacial score (nSPS) is 24.6. The van der Waals surface area contributed by atoms with Crippen molar-refractivity contribution in [1.82, 2.24) is 0 Å². The Balaban J connectivity index is 2.16. The molecule has 2 rings (SSSR count). The Labute approximate surface area is 135 Å². The van der Waals surface area contributed by atoms with Crippen molar-refractivity contribution in [2.45, 2.75) is 37.0 Å². The van der Waals surface area contributed by atoms with Crippen LogP contribution in [-0.4, -0.2) is 27.0 Å². The predicted octanol–water partition coefficient (Wildman–Crippen LogP) is 3.06. The molecule has 0 saturated heterocycles. The third kappa shape index (κ3) is 3.99. The van der Waals surface area contributed by atoms with Gasteiger partial charge >= 0.3 is 0 Å². The highest BCUT2D eigenvalue weighted by Gasteiger charge is 2.32. The van der Waals surface area contributed by atoms with Gasteiger partial charge in [-0.1, -0.05) is 12.5 Å². The van der Waals surface area contributed by atoms with Crippen LogP contribution in [0.4, 0.5) is 0 Å². The largest absolute Gasteiger partial charge is 0.496 e. The van der Waals surface area contributed by atoms with Gasteiger partial charge < -0.3 is 10.5 Å². The van der Waals surface area contributed by atoms with Crippen LogP contribution in [0.3, 0.4) is 0 Å². The Bertz CT molecular complexity index is 603. The van der Waals surface area contributed by atoms with E-state index in [0.717, 1.165) is 35.0 Å². The SMILES string of the molecule is COc1ccc(C(N)C2CCCC(S(C)(=O)=O)C2)cc1Br. The van der Waals surface area contributed by atoms with Gasteiger partial charge in [0.1, 0.15) is 15.6 Å². The van der Waals surface area contributed by atoms with Crippen LogP contribution in [0.25, 0.3) is 0 Å². The highest BCUT2D eigenvalue weighted by molar-refractivity contribution is 9.10. The summed E-state index contributed by atoms with van der Waals surface area (Å²) in [5.74, 6) is 0.974. The minimum absolute atomic E-state index is 0.142. The van der Waals surface area contributed by atoms with Gasteiger partial charge in [0.05, 0.1) is 16.8 Å². The molecule has 3 atom stereocenters. The highest BCUT2D eigenvalue weighted by Crippen LogP contribution is 2.37. The zero-order valence-electron chi connectivity index (χ0n) is 12.4. The molecule has 1 aromatic carbocycles. The standard InChI is InChI=1S/C15H22BrNO3S/c1-20-14-7-6-11(9-13(14)16)15(17)10-4-3-5-12(8-10)21(2,18)19/h6-7,9-10,12,15H,3-5,8,17H2,1-2H3. The topological polar surface area (TPSA) is 69.4 Å². The second-order valence-electron chi connectivity index (χ2n) is 5.80. The quantitative estimate of drug-likeness (QED) is 0.877. The maximum Gasteiger partial charge on any atom is 0.150 e. The third-order valence-electron chi connectivity index (χ3n) is 4.34. The van der Waals surface area contributed by atoms with E-state index < -0.39 is 9.84 Å². The van der Waals surface area contributed by atoms with E-state index in [1.54, 1.807) is 7.11 Å². The minimum Gasteiger partial charge on any atom is -0.496 e. The number of halogens is 1. The Morgan fingerprint density at radius 2 is 2.10 bits per heavy atom. The number of ether oxygens (including phenoxy) is 1. The molecule has 0 radical (unpaired) electrons. The lowest BCUT2D eigenvalue weighted by molar-refractivity contribution is 0.308. The zero-order valence-corrected chi connectivity index (χ0v) is 14.8. The first kappa shape index (κ1) is 16.8. The molecule has 118 valence electrons. The zero-order chi connectivity index (χ0) is 15.6. The number of sulfone groups is 1. The first-order chi connectivity index (χ1) is 9.82. The van der Waals surface area contributed by atoms with Crippen LogP contribution in [0.2, 0.25) is 0 Å². The molecule has 0 heterocycles. The fourth-order valence-electron chi connectivity index (χ4n) is 3.06. The molecular formula is C15H22BrNO3S. The fourth-order valence-corrected chi connectivity index (χ4v) is 4.81. The summed E-state index contributed by atoms with van der Waals surface area (Å²) in [5, 5.41) is -0.246. The molecule has 1 fully saturated rings. The molecule has 1 aromatic rings. The summed E-state index contributed by atoms with van der Waals surface area (Å²) >= 11 is 3.47. The minimum atomic E-state index is -2.98. The van der Waals surface area contributed by atoms with Crippen molar-refractivity contribution < 1.29 is 13.2 Å². The number of nitrogens with two attached hydrogens (primary N) is 1. The molecule has 6 heteroatoms. The Kier molecular flexibility index (Phi) is 5.33. The molecule has 0 spiro atoms. The average molecular weight is 376 g/mol. The first-order valence-electron chi connectivity index (χ1n) is 7.11. The van der Waals surface area contributed by atoms with Crippen molar-refractivity contribution >= 4 is 25.8 Å². The monoisotopic (exact) mass is 375 g/mol. The Morgan fingerprint density at radius 3 is 2.67 bits per heavy atom. The number of rotatable bonds is 4. The van der Waals surface area contributed by atoms with E-state index in [2.05, 4.69) is 15.9 Å². The molecule has 0 aromatic heterocycles. The predicted molar refractivity (Wildman–Crippen MR) is 88.2 cm³/mol. The van der Waals surface area contributed by atoms with E-state index in [4.69, 9.17) is 10.5 Å². The molecule has 1 aliphatic rings. The summed E-state index contributed by atoms with van der Waals surface area (Å²) in [5.41, 5.74) is 7.39.